The Morgan fingerprint density at radius 3 is 2.88 bits per heavy atom. The minimum Gasteiger partial charge on any atom is -0.483 e. The van der Waals surface area contributed by atoms with Gasteiger partial charge in [-0.15, -0.1) is 0 Å². The van der Waals surface area contributed by atoms with E-state index in [1.165, 1.54) is 4.90 Å². The van der Waals surface area contributed by atoms with Crippen LogP contribution < -0.4 is 4.74 Å². The Hall–Kier alpha value is -2.18. The molecule has 1 aromatic carbocycles. The lowest BCUT2D eigenvalue weighted by Crippen LogP contribution is -2.52. The second kappa shape index (κ2) is 7.37. The van der Waals surface area contributed by atoms with Crippen LogP contribution in [0.3, 0.4) is 0 Å². The molecule has 1 aliphatic rings. The molecule has 0 bridgehead atoms. The second-order valence-corrected chi connectivity index (χ2v) is 6.63. The van der Waals surface area contributed by atoms with Crippen molar-refractivity contribution >= 4 is 16.8 Å². The molecule has 25 heavy (non-hydrogen) atoms. The highest BCUT2D eigenvalue weighted by molar-refractivity contribution is 5.86. The molecule has 0 aliphatic heterocycles. The van der Waals surface area contributed by atoms with E-state index in [0.717, 1.165) is 23.0 Å². The van der Waals surface area contributed by atoms with Crippen LogP contribution in [-0.4, -0.2) is 57.9 Å². The number of hydrogen-bond donors (Lipinski definition) is 2. The zero-order chi connectivity index (χ0) is 18.0. The third-order valence-electron chi connectivity index (χ3n) is 4.84. The molecule has 0 radical (unpaired) electrons. The number of rotatable bonds is 4. The summed E-state index contributed by atoms with van der Waals surface area (Å²) in [5.41, 5.74) is 1.64. The zero-order valence-corrected chi connectivity index (χ0v) is 14.6. The lowest BCUT2D eigenvalue weighted by Gasteiger charge is -2.37. The maximum Gasteiger partial charge on any atom is 0.260 e. The van der Waals surface area contributed by atoms with Crippen LogP contribution in [0.5, 0.6) is 5.75 Å². The Labute approximate surface area is 147 Å². The largest absolute Gasteiger partial charge is 0.483 e. The minimum absolute atomic E-state index is 0.122. The standard InChI is InChI=1S/C19H24N2O4/c1-12-10-17(13-6-3-4-7-14(13)20-12)25-11-18(23)21(2)15-8-5-9-16(22)19(15)24/h3-4,6-7,10,15-16,19,22,24H,5,8-9,11H2,1-2H3/t15-,16-,19-/m1/s1. The zero-order valence-electron chi connectivity index (χ0n) is 14.6. The third kappa shape index (κ3) is 3.75. The van der Waals surface area contributed by atoms with E-state index >= 15 is 0 Å². The van der Waals surface area contributed by atoms with Gasteiger partial charge in [0.05, 0.1) is 17.7 Å². The number of aliphatic hydroxyl groups excluding tert-OH is 2. The second-order valence-electron chi connectivity index (χ2n) is 6.63. The van der Waals surface area contributed by atoms with Crippen molar-refractivity contribution in [3.8, 4) is 5.75 Å². The van der Waals surface area contributed by atoms with Crippen molar-refractivity contribution in [1.29, 1.82) is 0 Å². The summed E-state index contributed by atoms with van der Waals surface area (Å²) in [6.45, 7) is 1.76. The van der Waals surface area contributed by atoms with Crippen LogP contribution in [0.1, 0.15) is 25.0 Å². The number of carbonyl (C=O) groups is 1. The smallest absolute Gasteiger partial charge is 0.260 e. The van der Waals surface area contributed by atoms with Gasteiger partial charge in [-0.05, 0) is 38.3 Å². The van der Waals surface area contributed by atoms with Crippen LogP contribution in [-0.2, 0) is 4.79 Å². The van der Waals surface area contributed by atoms with E-state index < -0.39 is 12.2 Å². The molecule has 2 N–H and O–H groups in total. The van der Waals surface area contributed by atoms with Crippen LogP contribution in [0.2, 0.25) is 0 Å². The number of ether oxygens (including phenoxy) is 1. The Bertz CT molecular complexity index is 764. The van der Waals surface area contributed by atoms with Gasteiger partial charge in [-0.3, -0.25) is 9.78 Å². The molecule has 1 heterocycles. The van der Waals surface area contributed by atoms with E-state index in [2.05, 4.69) is 4.98 Å². The van der Waals surface area contributed by atoms with Gasteiger partial charge in [0, 0.05) is 24.2 Å². The number of aliphatic hydroxyl groups is 2. The normalized spacial score (nSPS) is 23.4. The summed E-state index contributed by atoms with van der Waals surface area (Å²) in [5, 5.41) is 20.8. The minimum atomic E-state index is -0.910. The SMILES string of the molecule is Cc1cc(OCC(=O)N(C)[C@@H]2CCC[C@@H](O)[C@@H]2O)c2ccccc2n1. The van der Waals surface area contributed by atoms with E-state index in [1.54, 1.807) is 7.05 Å². The van der Waals surface area contributed by atoms with Gasteiger partial charge in [0.2, 0.25) is 0 Å². The molecular weight excluding hydrogens is 320 g/mol. The number of nitrogens with zero attached hydrogens (tertiary/aromatic N) is 2. The summed E-state index contributed by atoms with van der Waals surface area (Å²) in [4.78, 5) is 18.4. The van der Waals surface area contributed by atoms with Crippen LogP contribution in [0.25, 0.3) is 10.9 Å². The fraction of sp³-hybridized carbons (Fsp3) is 0.474. The molecule has 1 aromatic heterocycles. The molecule has 1 aliphatic carbocycles. The van der Waals surface area contributed by atoms with Gasteiger partial charge < -0.3 is 19.8 Å². The monoisotopic (exact) mass is 344 g/mol. The molecule has 0 saturated heterocycles. The Morgan fingerprint density at radius 2 is 2.08 bits per heavy atom. The Kier molecular flexibility index (Phi) is 5.20. The van der Waals surface area contributed by atoms with Gasteiger partial charge in [-0.25, -0.2) is 0 Å². The van der Waals surface area contributed by atoms with Crippen molar-refractivity contribution < 1.29 is 19.7 Å². The number of aromatic nitrogens is 1. The van der Waals surface area contributed by atoms with Crippen molar-refractivity contribution in [2.45, 2.75) is 44.4 Å². The highest BCUT2D eigenvalue weighted by Crippen LogP contribution is 2.26. The number of pyridine rings is 1. The molecule has 1 fully saturated rings. The number of carbonyl (C=O) groups excluding carboxylic acids is 1. The summed E-state index contributed by atoms with van der Waals surface area (Å²) in [5.74, 6) is 0.394. The molecular formula is C19H24N2O4. The average molecular weight is 344 g/mol. The topological polar surface area (TPSA) is 82.9 Å². The Morgan fingerprint density at radius 1 is 1.32 bits per heavy atom. The van der Waals surface area contributed by atoms with E-state index in [0.29, 0.717) is 18.6 Å². The number of benzene rings is 1. The van der Waals surface area contributed by atoms with Crippen LogP contribution >= 0.6 is 0 Å². The number of para-hydroxylation sites is 1. The van der Waals surface area contributed by atoms with Gasteiger partial charge >= 0.3 is 0 Å². The summed E-state index contributed by atoms with van der Waals surface area (Å²) < 4.78 is 5.76. The molecule has 0 spiro atoms. The number of amides is 1. The highest BCUT2D eigenvalue weighted by atomic mass is 16.5. The molecule has 3 rings (SSSR count). The van der Waals surface area contributed by atoms with E-state index in [4.69, 9.17) is 4.74 Å². The summed E-state index contributed by atoms with van der Waals surface area (Å²) in [7, 11) is 1.65. The first-order chi connectivity index (χ1) is 12.0. The molecule has 6 nitrogen and oxygen atoms in total. The van der Waals surface area contributed by atoms with Crippen molar-refractivity contribution in [3.05, 3.63) is 36.0 Å². The lowest BCUT2D eigenvalue weighted by atomic mass is 9.89. The van der Waals surface area contributed by atoms with Gasteiger partial charge in [0.25, 0.3) is 5.91 Å². The molecule has 1 amide bonds. The van der Waals surface area contributed by atoms with Gasteiger partial charge in [0.15, 0.2) is 6.61 Å². The lowest BCUT2D eigenvalue weighted by molar-refractivity contribution is -0.140. The fourth-order valence-corrected chi connectivity index (χ4v) is 3.37. The fourth-order valence-electron chi connectivity index (χ4n) is 3.37. The summed E-state index contributed by atoms with van der Waals surface area (Å²) >= 11 is 0. The molecule has 1 saturated carbocycles. The third-order valence-corrected chi connectivity index (χ3v) is 4.84. The molecule has 2 aromatic rings. The highest BCUT2D eigenvalue weighted by Gasteiger charge is 2.35. The van der Waals surface area contributed by atoms with Crippen molar-refractivity contribution in [2.75, 3.05) is 13.7 Å². The number of likely N-dealkylation sites (N-methyl/N-ethyl adjacent to an activating group) is 1. The Balaban J connectivity index is 1.70. The van der Waals surface area contributed by atoms with Crippen molar-refractivity contribution in [1.82, 2.24) is 9.88 Å². The predicted octanol–water partition coefficient (Wildman–Crippen LogP) is 1.65. The maximum absolute atomic E-state index is 12.5. The van der Waals surface area contributed by atoms with Gasteiger partial charge in [0.1, 0.15) is 11.9 Å². The summed E-state index contributed by atoms with van der Waals surface area (Å²) in [6, 6.07) is 9.06. The van der Waals surface area contributed by atoms with Crippen LogP contribution in [0, 0.1) is 6.92 Å². The maximum atomic E-state index is 12.5. The van der Waals surface area contributed by atoms with E-state index in [9.17, 15) is 15.0 Å². The number of hydrogen-bond acceptors (Lipinski definition) is 5. The van der Waals surface area contributed by atoms with Crippen LogP contribution in [0.15, 0.2) is 30.3 Å². The van der Waals surface area contributed by atoms with E-state index in [-0.39, 0.29) is 18.6 Å². The first kappa shape index (κ1) is 17.6. The van der Waals surface area contributed by atoms with Crippen molar-refractivity contribution in [3.63, 3.8) is 0 Å². The van der Waals surface area contributed by atoms with Gasteiger partial charge in [-0.1, -0.05) is 12.1 Å². The summed E-state index contributed by atoms with van der Waals surface area (Å²) in [6.07, 6.45) is 0.347. The average Bonchev–Trinajstić information content (AvgIpc) is 2.61. The van der Waals surface area contributed by atoms with E-state index in [1.807, 2.05) is 37.3 Å². The quantitative estimate of drug-likeness (QED) is 0.881. The molecule has 6 heteroatoms. The van der Waals surface area contributed by atoms with Gasteiger partial charge in [-0.2, -0.15) is 0 Å². The first-order valence-electron chi connectivity index (χ1n) is 8.58. The molecule has 0 unspecified atom stereocenters. The molecule has 3 atom stereocenters. The predicted molar refractivity (Wildman–Crippen MR) is 94.4 cm³/mol. The number of fused-ring (bicyclic) bond motifs is 1. The van der Waals surface area contributed by atoms with Crippen LogP contribution in [0.4, 0.5) is 0 Å². The molecule has 134 valence electrons. The van der Waals surface area contributed by atoms with Crippen molar-refractivity contribution in [2.24, 2.45) is 0 Å². The first-order valence-corrected chi connectivity index (χ1v) is 8.58. The number of aryl methyl sites for hydroxylation is 1.